The minimum absolute atomic E-state index is 0.468. The van der Waals surface area contributed by atoms with E-state index in [2.05, 4.69) is 36.5 Å². The summed E-state index contributed by atoms with van der Waals surface area (Å²) in [6, 6.07) is 8.92. The fourth-order valence-electron chi connectivity index (χ4n) is 3.03. The van der Waals surface area contributed by atoms with Crippen molar-refractivity contribution in [3.63, 3.8) is 0 Å². The average molecular weight is 245 g/mol. The van der Waals surface area contributed by atoms with E-state index in [1.54, 1.807) is 0 Å². The molecule has 2 unspecified atom stereocenters. The lowest BCUT2D eigenvalue weighted by molar-refractivity contribution is 0.184. The molecule has 3 rings (SSSR count). The van der Waals surface area contributed by atoms with E-state index in [1.165, 1.54) is 31.2 Å². The van der Waals surface area contributed by atoms with Crippen LogP contribution in [0.3, 0.4) is 0 Å². The highest BCUT2D eigenvalue weighted by atomic mass is 16.5. The first-order valence-electron chi connectivity index (χ1n) is 7.29. The zero-order valence-corrected chi connectivity index (χ0v) is 11.2. The van der Waals surface area contributed by atoms with E-state index in [0.29, 0.717) is 12.0 Å². The van der Waals surface area contributed by atoms with Gasteiger partial charge in [-0.3, -0.25) is 0 Å². The van der Waals surface area contributed by atoms with Crippen LogP contribution in [0.4, 0.5) is 0 Å². The van der Waals surface area contributed by atoms with E-state index in [9.17, 15) is 0 Å². The molecule has 98 valence electrons. The van der Waals surface area contributed by atoms with Crippen molar-refractivity contribution < 1.29 is 4.74 Å². The summed E-state index contributed by atoms with van der Waals surface area (Å²) >= 11 is 0. The first kappa shape index (κ1) is 12.0. The molecule has 0 amide bonds. The average Bonchev–Trinajstić information content (AvgIpc) is 2.34. The Morgan fingerprint density at radius 1 is 1.28 bits per heavy atom. The molecule has 1 aromatic rings. The number of fused-ring (bicyclic) bond motifs is 1. The van der Waals surface area contributed by atoms with E-state index in [-0.39, 0.29) is 0 Å². The minimum atomic E-state index is 0.468. The van der Waals surface area contributed by atoms with Gasteiger partial charge in [0.05, 0.1) is 6.61 Å². The quantitative estimate of drug-likeness (QED) is 0.876. The topological polar surface area (TPSA) is 21.3 Å². The highest BCUT2D eigenvalue weighted by Crippen LogP contribution is 2.35. The standard InChI is InChI=1S/C16H23NO/c1-12-11-18-15-8-3-2-7-14(15)16(12)17-10-9-13-5-4-6-13/h2-3,7-8,12-13,16-17H,4-6,9-11H2,1H3. The van der Waals surface area contributed by atoms with Crippen LogP contribution in [-0.2, 0) is 0 Å². The molecular formula is C16H23NO. The number of ether oxygens (including phenoxy) is 1. The highest BCUT2D eigenvalue weighted by Gasteiger charge is 2.27. The summed E-state index contributed by atoms with van der Waals surface area (Å²) in [6.45, 7) is 4.25. The van der Waals surface area contributed by atoms with Gasteiger partial charge in [-0.2, -0.15) is 0 Å². The monoisotopic (exact) mass is 245 g/mol. The van der Waals surface area contributed by atoms with Gasteiger partial charge in [-0.25, -0.2) is 0 Å². The van der Waals surface area contributed by atoms with E-state index >= 15 is 0 Å². The smallest absolute Gasteiger partial charge is 0.124 e. The van der Waals surface area contributed by atoms with Crippen molar-refractivity contribution >= 4 is 0 Å². The van der Waals surface area contributed by atoms with Crippen molar-refractivity contribution in [2.24, 2.45) is 11.8 Å². The Labute approximate surface area is 110 Å². The predicted molar refractivity (Wildman–Crippen MR) is 73.8 cm³/mol. The molecule has 1 fully saturated rings. The molecule has 2 nitrogen and oxygen atoms in total. The second-order valence-corrected chi connectivity index (χ2v) is 5.84. The lowest BCUT2D eigenvalue weighted by atomic mass is 9.83. The van der Waals surface area contributed by atoms with E-state index < -0.39 is 0 Å². The van der Waals surface area contributed by atoms with Crippen LogP contribution in [0.15, 0.2) is 24.3 Å². The van der Waals surface area contributed by atoms with Gasteiger partial charge in [0.2, 0.25) is 0 Å². The molecule has 1 aliphatic carbocycles. The lowest BCUT2D eigenvalue weighted by Gasteiger charge is -2.33. The lowest BCUT2D eigenvalue weighted by Crippen LogP contribution is -2.35. The van der Waals surface area contributed by atoms with Crippen LogP contribution >= 0.6 is 0 Å². The van der Waals surface area contributed by atoms with Gasteiger partial charge in [0.15, 0.2) is 0 Å². The number of nitrogens with one attached hydrogen (secondary N) is 1. The van der Waals surface area contributed by atoms with Gasteiger partial charge >= 0.3 is 0 Å². The Hall–Kier alpha value is -1.02. The maximum absolute atomic E-state index is 5.79. The van der Waals surface area contributed by atoms with Crippen LogP contribution in [0.2, 0.25) is 0 Å². The summed E-state index contributed by atoms with van der Waals surface area (Å²) in [5, 5.41) is 3.75. The largest absolute Gasteiger partial charge is 0.493 e. The second-order valence-electron chi connectivity index (χ2n) is 5.84. The fraction of sp³-hybridized carbons (Fsp3) is 0.625. The molecule has 0 radical (unpaired) electrons. The van der Waals surface area contributed by atoms with Crippen molar-refractivity contribution in [2.45, 2.75) is 38.6 Å². The van der Waals surface area contributed by atoms with Crippen LogP contribution in [0.1, 0.15) is 44.2 Å². The van der Waals surface area contributed by atoms with Crippen molar-refractivity contribution in [1.82, 2.24) is 5.32 Å². The zero-order chi connectivity index (χ0) is 12.4. The van der Waals surface area contributed by atoms with Crippen LogP contribution in [0.25, 0.3) is 0 Å². The molecule has 1 aromatic carbocycles. The molecule has 2 heteroatoms. The van der Waals surface area contributed by atoms with E-state index in [4.69, 9.17) is 4.74 Å². The second kappa shape index (κ2) is 5.31. The SMILES string of the molecule is CC1COc2ccccc2C1NCCC1CCC1. The van der Waals surface area contributed by atoms with Gasteiger partial charge in [-0.05, 0) is 24.9 Å². The van der Waals surface area contributed by atoms with Crippen molar-refractivity contribution in [2.75, 3.05) is 13.2 Å². The number of benzene rings is 1. The molecule has 1 aliphatic heterocycles. The molecule has 18 heavy (non-hydrogen) atoms. The van der Waals surface area contributed by atoms with E-state index in [1.807, 2.05) is 0 Å². The highest BCUT2D eigenvalue weighted by molar-refractivity contribution is 5.37. The summed E-state index contributed by atoms with van der Waals surface area (Å²) in [5.41, 5.74) is 1.34. The third-order valence-electron chi connectivity index (χ3n) is 4.47. The molecule has 2 aliphatic rings. The van der Waals surface area contributed by atoms with Gasteiger partial charge in [0.25, 0.3) is 0 Å². The zero-order valence-electron chi connectivity index (χ0n) is 11.2. The summed E-state index contributed by atoms with van der Waals surface area (Å²) < 4.78 is 5.79. The molecule has 2 atom stereocenters. The maximum Gasteiger partial charge on any atom is 0.124 e. The molecule has 0 aromatic heterocycles. The molecule has 1 N–H and O–H groups in total. The molecular weight excluding hydrogens is 222 g/mol. The fourth-order valence-corrected chi connectivity index (χ4v) is 3.03. The molecule has 1 saturated carbocycles. The third-order valence-corrected chi connectivity index (χ3v) is 4.47. The minimum Gasteiger partial charge on any atom is -0.493 e. The Balaban J connectivity index is 1.62. The third kappa shape index (κ3) is 2.39. The van der Waals surface area contributed by atoms with Gasteiger partial charge in [-0.15, -0.1) is 0 Å². The Kier molecular flexibility index (Phi) is 3.55. The molecule has 0 saturated heterocycles. The van der Waals surface area contributed by atoms with Crippen molar-refractivity contribution in [3.8, 4) is 5.75 Å². The number of hydrogen-bond acceptors (Lipinski definition) is 2. The first-order valence-corrected chi connectivity index (χ1v) is 7.29. The van der Waals surface area contributed by atoms with Crippen molar-refractivity contribution in [3.05, 3.63) is 29.8 Å². The summed E-state index contributed by atoms with van der Waals surface area (Å²) in [4.78, 5) is 0. The van der Waals surface area contributed by atoms with Crippen LogP contribution in [0, 0.1) is 11.8 Å². The predicted octanol–water partition coefficient (Wildman–Crippen LogP) is 3.54. The molecule has 1 heterocycles. The Bertz CT molecular complexity index is 400. The summed E-state index contributed by atoms with van der Waals surface area (Å²) in [7, 11) is 0. The van der Waals surface area contributed by atoms with Gasteiger partial charge < -0.3 is 10.1 Å². The first-order chi connectivity index (χ1) is 8.84. The van der Waals surface area contributed by atoms with Gasteiger partial charge in [0, 0.05) is 17.5 Å². The number of hydrogen-bond donors (Lipinski definition) is 1. The van der Waals surface area contributed by atoms with Gasteiger partial charge in [-0.1, -0.05) is 44.4 Å². The van der Waals surface area contributed by atoms with Gasteiger partial charge in [0.1, 0.15) is 5.75 Å². The normalized spacial score (nSPS) is 27.2. The summed E-state index contributed by atoms with van der Waals surface area (Å²) in [6.07, 6.45) is 5.68. The summed E-state index contributed by atoms with van der Waals surface area (Å²) in [5.74, 6) is 2.61. The van der Waals surface area contributed by atoms with Crippen LogP contribution in [0.5, 0.6) is 5.75 Å². The van der Waals surface area contributed by atoms with E-state index in [0.717, 1.165) is 24.8 Å². The Morgan fingerprint density at radius 2 is 2.11 bits per heavy atom. The number of para-hydroxylation sites is 1. The molecule has 0 bridgehead atoms. The molecule has 0 spiro atoms. The Morgan fingerprint density at radius 3 is 2.89 bits per heavy atom. The maximum atomic E-state index is 5.79. The van der Waals surface area contributed by atoms with Crippen LogP contribution in [-0.4, -0.2) is 13.2 Å². The number of rotatable bonds is 4. The van der Waals surface area contributed by atoms with Crippen LogP contribution < -0.4 is 10.1 Å². The van der Waals surface area contributed by atoms with Crippen molar-refractivity contribution in [1.29, 1.82) is 0 Å².